The summed E-state index contributed by atoms with van der Waals surface area (Å²) in [4.78, 5) is 26.4. The lowest BCUT2D eigenvalue weighted by molar-refractivity contribution is -0.122. The lowest BCUT2D eigenvalue weighted by Gasteiger charge is -2.08. The van der Waals surface area contributed by atoms with E-state index in [2.05, 4.69) is 26.6 Å². The van der Waals surface area contributed by atoms with Gasteiger partial charge in [0, 0.05) is 53.9 Å². The number of hydrogen-bond donors (Lipinski definition) is 2. The molecule has 1 aliphatic heterocycles. The predicted octanol–water partition coefficient (Wildman–Crippen LogP) is 2.63. The first-order valence-electron chi connectivity index (χ1n) is 9.33. The molecule has 1 aromatic carbocycles. The molecule has 0 aliphatic carbocycles. The van der Waals surface area contributed by atoms with Gasteiger partial charge < -0.3 is 19.9 Å². The fourth-order valence-corrected chi connectivity index (χ4v) is 3.90. The number of ether oxygens (including phenoxy) is 1. The Hall–Kier alpha value is -2.23. The maximum Gasteiger partial charge on any atom is 0.276 e. The van der Waals surface area contributed by atoms with Crippen LogP contribution in [0.25, 0.3) is 17.0 Å². The summed E-state index contributed by atoms with van der Waals surface area (Å²) in [6.45, 7) is 3.75. The number of carbonyl (C=O) groups excluding carboxylic acids is 2. The van der Waals surface area contributed by atoms with E-state index in [0.29, 0.717) is 30.5 Å². The Morgan fingerprint density at radius 2 is 2.21 bits per heavy atom. The number of amides is 2. The van der Waals surface area contributed by atoms with E-state index in [0.717, 1.165) is 27.4 Å². The molecule has 1 aliphatic rings. The number of halogens is 1. The molecule has 2 amide bonds. The van der Waals surface area contributed by atoms with Crippen molar-refractivity contribution in [1.29, 1.82) is 0 Å². The zero-order chi connectivity index (χ0) is 21.0. The number of nitrogens with one attached hydrogen (secondary N) is 2. The highest BCUT2D eigenvalue weighted by Crippen LogP contribution is 2.27. The number of rotatable bonds is 8. The van der Waals surface area contributed by atoms with E-state index in [1.807, 2.05) is 35.9 Å². The second-order valence-electron chi connectivity index (χ2n) is 6.61. The summed E-state index contributed by atoms with van der Waals surface area (Å²) >= 11 is 8.72. The minimum atomic E-state index is -0.149. The van der Waals surface area contributed by atoms with Crippen LogP contribution in [0.3, 0.4) is 0 Å². The first-order chi connectivity index (χ1) is 13.9. The van der Waals surface area contributed by atoms with Crippen molar-refractivity contribution in [2.45, 2.75) is 19.9 Å². The van der Waals surface area contributed by atoms with Crippen LogP contribution >= 0.6 is 28.1 Å². The predicted molar refractivity (Wildman–Crippen MR) is 120 cm³/mol. The van der Waals surface area contributed by atoms with Gasteiger partial charge in [-0.05, 0) is 49.8 Å². The highest BCUT2D eigenvalue weighted by molar-refractivity contribution is 9.10. The molecule has 1 aromatic heterocycles. The van der Waals surface area contributed by atoms with Gasteiger partial charge in [-0.15, -0.1) is 0 Å². The molecule has 7 nitrogen and oxygen atoms in total. The van der Waals surface area contributed by atoms with E-state index in [1.165, 1.54) is 4.90 Å². The van der Waals surface area contributed by atoms with Crippen molar-refractivity contribution >= 4 is 62.1 Å². The average Bonchev–Trinajstić information content (AvgIpc) is 3.15. The van der Waals surface area contributed by atoms with Crippen LogP contribution in [0.1, 0.15) is 18.9 Å². The molecule has 0 bridgehead atoms. The minimum absolute atomic E-state index is 0.0754. The van der Waals surface area contributed by atoms with Gasteiger partial charge in [-0.1, -0.05) is 15.9 Å². The standard InChI is InChI=1S/C20H23BrN4O3S/c1-3-25-19(27)16(23-20(25)29)9-13-11-24(12-18(26)22-7-4-8-28-2)17-6-5-14(21)10-15(13)17/h5-6,9-11H,3-4,7-8,12H2,1-2H3,(H,22,26)(H,23,29)/b16-9-. The van der Waals surface area contributed by atoms with Crippen molar-refractivity contribution in [1.82, 2.24) is 20.1 Å². The number of carbonyl (C=O) groups is 2. The lowest BCUT2D eigenvalue weighted by atomic mass is 10.1. The third kappa shape index (κ3) is 4.85. The van der Waals surface area contributed by atoms with Crippen molar-refractivity contribution in [3.05, 3.63) is 40.1 Å². The molecular weight excluding hydrogens is 456 g/mol. The molecule has 2 N–H and O–H groups in total. The average molecular weight is 479 g/mol. The SMILES string of the molecule is CCN1C(=O)/C(=C/c2cn(CC(=O)NCCCOC)c3ccc(Br)cc23)NC1=S. The second-order valence-corrected chi connectivity index (χ2v) is 7.91. The quantitative estimate of drug-likeness (QED) is 0.346. The van der Waals surface area contributed by atoms with Crippen LogP contribution in [0, 0.1) is 0 Å². The Morgan fingerprint density at radius 3 is 2.90 bits per heavy atom. The monoisotopic (exact) mass is 478 g/mol. The Labute approximate surface area is 183 Å². The van der Waals surface area contributed by atoms with Gasteiger partial charge in [0.1, 0.15) is 12.2 Å². The van der Waals surface area contributed by atoms with E-state index >= 15 is 0 Å². The molecule has 0 radical (unpaired) electrons. The van der Waals surface area contributed by atoms with Crippen LogP contribution in [-0.4, -0.2) is 53.2 Å². The minimum Gasteiger partial charge on any atom is -0.385 e. The summed E-state index contributed by atoms with van der Waals surface area (Å²) in [5.74, 6) is -0.224. The van der Waals surface area contributed by atoms with Crippen molar-refractivity contribution in [3.8, 4) is 0 Å². The maximum atomic E-state index is 12.5. The fraction of sp³-hybridized carbons (Fsp3) is 0.350. The number of benzene rings is 1. The molecule has 2 aromatic rings. The first kappa shape index (κ1) is 21.5. The zero-order valence-corrected chi connectivity index (χ0v) is 18.7. The van der Waals surface area contributed by atoms with Gasteiger partial charge in [0.25, 0.3) is 5.91 Å². The molecule has 154 valence electrons. The van der Waals surface area contributed by atoms with E-state index in [4.69, 9.17) is 17.0 Å². The third-order valence-electron chi connectivity index (χ3n) is 4.61. The molecule has 9 heteroatoms. The van der Waals surface area contributed by atoms with E-state index < -0.39 is 0 Å². The molecule has 0 atom stereocenters. The van der Waals surface area contributed by atoms with Gasteiger partial charge in [-0.3, -0.25) is 14.5 Å². The van der Waals surface area contributed by atoms with Gasteiger partial charge in [0.2, 0.25) is 5.91 Å². The number of thiocarbonyl (C=S) groups is 1. The van der Waals surface area contributed by atoms with Crippen molar-refractivity contribution in [2.24, 2.45) is 0 Å². The van der Waals surface area contributed by atoms with Crippen molar-refractivity contribution < 1.29 is 14.3 Å². The van der Waals surface area contributed by atoms with Crippen LogP contribution < -0.4 is 10.6 Å². The molecule has 1 saturated heterocycles. The highest BCUT2D eigenvalue weighted by Gasteiger charge is 2.29. The lowest BCUT2D eigenvalue weighted by Crippen LogP contribution is -2.30. The second kappa shape index (κ2) is 9.51. The van der Waals surface area contributed by atoms with Crippen molar-refractivity contribution in [2.75, 3.05) is 26.8 Å². The number of fused-ring (bicyclic) bond motifs is 1. The number of likely N-dealkylation sites (N-methyl/N-ethyl adjacent to an activating group) is 1. The number of nitrogens with zero attached hydrogens (tertiary/aromatic N) is 2. The molecular formula is C20H23BrN4O3S. The molecule has 0 saturated carbocycles. The molecule has 1 fully saturated rings. The first-order valence-corrected chi connectivity index (χ1v) is 10.5. The van der Waals surface area contributed by atoms with Gasteiger partial charge in [0.05, 0.1) is 0 Å². The van der Waals surface area contributed by atoms with E-state index in [-0.39, 0.29) is 18.4 Å². The summed E-state index contributed by atoms with van der Waals surface area (Å²) in [6, 6.07) is 5.86. The Bertz CT molecular complexity index is 986. The Kier molecular flexibility index (Phi) is 7.05. The molecule has 0 unspecified atom stereocenters. The summed E-state index contributed by atoms with van der Waals surface area (Å²) in [7, 11) is 1.64. The molecule has 29 heavy (non-hydrogen) atoms. The van der Waals surface area contributed by atoms with Gasteiger partial charge >= 0.3 is 0 Å². The highest BCUT2D eigenvalue weighted by atomic mass is 79.9. The topological polar surface area (TPSA) is 75.6 Å². The largest absolute Gasteiger partial charge is 0.385 e. The summed E-state index contributed by atoms with van der Waals surface area (Å²) < 4.78 is 7.80. The van der Waals surface area contributed by atoms with Crippen LogP contribution in [0.2, 0.25) is 0 Å². The maximum absolute atomic E-state index is 12.5. The van der Waals surface area contributed by atoms with Crippen LogP contribution in [0.5, 0.6) is 0 Å². The summed E-state index contributed by atoms with van der Waals surface area (Å²) in [5.41, 5.74) is 2.18. The van der Waals surface area contributed by atoms with Crippen molar-refractivity contribution in [3.63, 3.8) is 0 Å². The van der Waals surface area contributed by atoms with Crippen LogP contribution in [-0.2, 0) is 20.9 Å². The molecule has 3 rings (SSSR count). The van der Waals surface area contributed by atoms with Crippen LogP contribution in [0.15, 0.2) is 34.6 Å². The Balaban J connectivity index is 1.88. The smallest absolute Gasteiger partial charge is 0.276 e. The van der Waals surface area contributed by atoms with Crippen LogP contribution in [0.4, 0.5) is 0 Å². The third-order valence-corrected chi connectivity index (χ3v) is 5.43. The number of methoxy groups -OCH3 is 1. The zero-order valence-electron chi connectivity index (χ0n) is 16.3. The van der Waals surface area contributed by atoms with E-state index in [1.54, 1.807) is 13.2 Å². The normalized spacial score (nSPS) is 15.4. The number of aromatic nitrogens is 1. The van der Waals surface area contributed by atoms with Gasteiger partial charge in [-0.25, -0.2) is 0 Å². The Morgan fingerprint density at radius 1 is 1.41 bits per heavy atom. The van der Waals surface area contributed by atoms with Gasteiger partial charge in [-0.2, -0.15) is 0 Å². The summed E-state index contributed by atoms with van der Waals surface area (Å²) in [5, 5.41) is 7.22. The number of hydrogen-bond acceptors (Lipinski definition) is 4. The molecule has 0 spiro atoms. The van der Waals surface area contributed by atoms with Gasteiger partial charge in [0.15, 0.2) is 5.11 Å². The van der Waals surface area contributed by atoms with E-state index in [9.17, 15) is 9.59 Å². The summed E-state index contributed by atoms with van der Waals surface area (Å²) in [6.07, 6.45) is 4.43. The molecule has 2 heterocycles. The fourth-order valence-electron chi connectivity index (χ4n) is 3.21.